The minimum absolute atomic E-state index is 0.121. The van der Waals surface area contributed by atoms with Crippen LogP contribution < -0.4 is 9.64 Å². The third-order valence-electron chi connectivity index (χ3n) is 6.56. The molecule has 1 saturated heterocycles. The van der Waals surface area contributed by atoms with Gasteiger partial charge in [0.25, 0.3) is 11.7 Å². The standard InChI is InChI=1S/C28H37N3O4/c1-7-30(8-2)16-17-31-25(20-10-13-22(14-11-20)29(5)6)24(27(33)28(31)34)26(32)21-12-15-23(35-9-3)19(4)18-21/h10-15,18,25,32H,7-9,16-17H2,1-6H3/t25-/m0/s1. The van der Waals surface area contributed by atoms with Crippen molar-refractivity contribution in [2.24, 2.45) is 0 Å². The number of aliphatic hydroxyl groups is 1. The molecule has 1 aliphatic heterocycles. The number of carbonyl (C=O) groups excluding carboxylic acids is 2. The Morgan fingerprint density at radius 1 is 1.03 bits per heavy atom. The SMILES string of the molecule is CCOc1ccc(C(O)=C2C(=O)C(=O)N(CCN(CC)CC)[C@H]2c2ccc(N(C)C)cc2)cc1C. The molecule has 0 spiro atoms. The number of Topliss-reactive ketones (excluding diaryl/α,β-unsaturated/α-hetero) is 1. The van der Waals surface area contributed by atoms with Gasteiger partial charge in [0.2, 0.25) is 0 Å². The minimum atomic E-state index is -0.659. The molecule has 0 aliphatic carbocycles. The van der Waals surface area contributed by atoms with Gasteiger partial charge < -0.3 is 24.5 Å². The molecule has 1 amide bonds. The minimum Gasteiger partial charge on any atom is -0.507 e. The molecule has 7 nitrogen and oxygen atoms in total. The molecular formula is C28H37N3O4. The fourth-order valence-corrected chi connectivity index (χ4v) is 4.47. The second-order valence-electron chi connectivity index (χ2n) is 8.92. The van der Waals surface area contributed by atoms with E-state index in [1.54, 1.807) is 23.1 Å². The Bertz CT molecular complexity index is 1090. The van der Waals surface area contributed by atoms with E-state index in [1.807, 2.05) is 57.1 Å². The van der Waals surface area contributed by atoms with Crippen LogP contribution in [0.15, 0.2) is 48.0 Å². The lowest BCUT2D eigenvalue weighted by atomic mass is 9.94. The molecule has 35 heavy (non-hydrogen) atoms. The van der Waals surface area contributed by atoms with Crippen LogP contribution in [0.1, 0.15) is 43.5 Å². The highest BCUT2D eigenvalue weighted by molar-refractivity contribution is 6.46. The van der Waals surface area contributed by atoms with Gasteiger partial charge in [0.05, 0.1) is 18.2 Å². The van der Waals surface area contributed by atoms with Gasteiger partial charge >= 0.3 is 0 Å². The topological polar surface area (TPSA) is 73.3 Å². The van der Waals surface area contributed by atoms with Crippen molar-refractivity contribution < 1.29 is 19.4 Å². The highest BCUT2D eigenvalue weighted by Gasteiger charge is 2.46. The Balaban J connectivity index is 2.10. The van der Waals surface area contributed by atoms with Gasteiger partial charge in [0.15, 0.2) is 0 Å². The van der Waals surface area contributed by atoms with Crippen LogP contribution in [0.5, 0.6) is 5.75 Å². The van der Waals surface area contributed by atoms with Crippen molar-refractivity contribution in [2.45, 2.75) is 33.7 Å². The Labute approximate surface area is 208 Å². The van der Waals surface area contributed by atoms with Gasteiger partial charge in [-0.2, -0.15) is 0 Å². The second kappa shape index (κ2) is 11.4. The predicted octanol–water partition coefficient (Wildman–Crippen LogP) is 4.22. The number of benzene rings is 2. The van der Waals surface area contributed by atoms with Gasteiger partial charge in [-0.1, -0.05) is 26.0 Å². The summed E-state index contributed by atoms with van der Waals surface area (Å²) in [5.74, 6) is -0.681. The number of amides is 1. The maximum absolute atomic E-state index is 13.3. The van der Waals surface area contributed by atoms with Crippen molar-refractivity contribution in [1.82, 2.24) is 9.80 Å². The lowest BCUT2D eigenvalue weighted by Gasteiger charge is -2.28. The maximum atomic E-state index is 13.3. The molecule has 0 aromatic heterocycles. The predicted molar refractivity (Wildman–Crippen MR) is 140 cm³/mol. The van der Waals surface area contributed by atoms with Gasteiger partial charge in [-0.15, -0.1) is 0 Å². The summed E-state index contributed by atoms with van der Waals surface area (Å²) in [4.78, 5) is 32.3. The lowest BCUT2D eigenvalue weighted by molar-refractivity contribution is -0.140. The van der Waals surface area contributed by atoms with Crippen molar-refractivity contribution in [1.29, 1.82) is 0 Å². The van der Waals surface area contributed by atoms with Gasteiger partial charge in [0.1, 0.15) is 11.5 Å². The highest BCUT2D eigenvalue weighted by atomic mass is 16.5. The molecule has 1 heterocycles. The zero-order chi connectivity index (χ0) is 25.7. The first-order valence-electron chi connectivity index (χ1n) is 12.2. The van der Waals surface area contributed by atoms with E-state index in [9.17, 15) is 14.7 Å². The highest BCUT2D eigenvalue weighted by Crippen LogP contribution is 2.40. The molecule has 1 fully saturated rings. The zero-order valence-electron chi connectivity index (χ0n) is 21.7. The van der Waals surface area contributed by atoms with Crippen LogP contribution >= 0.6 is 0 Å². The van der Waals surface area contributed by atoms with Crippen molar-refractivity contribution in [3.8, 4) is 5.75 Å². The van der Waals surface area contributed by atoms with E-state index >= 15 is 0 Å². The van der Waals surface area contributed by atoms with E-state index in [1.165, 1.54) is 0 Å². The van der Waals surface area contributed by atoms with E-state index < -0.39 is 17.7 Å². The van der Waals surface area contributed by atoms with Crippen LogP contribution in [0.2, 0.25) is 0 Å². The van der Waals surface area contributed by atoms with Crippen LogP contribution in [0.3, 0.4) is 0 Å². The summed E-state index contributed by atoms with van der Waals surface area (Å²) >= 11 is 0. The summed E-state index contributed by atoms with van der Waals surface area (Å²) in [6, 6.07) is 12.4. The molecule has 0 unspecified atom stereocenters. The number of likely N-dealkylation sites (tertiary alicyclic amines) is 1. The quantitative estimate of drug-likeness (QED) is 0.312. The molecule has 2 aromatic rings. The van der Waals surface area contributed by atoms with Crippen LogP contribution in [0.25, 0.3) is 5.76 Å². The number of likely N-dealkylation sites (N-methyl/N-ethyl adjacent to an activating group) is 1. The molecule has 0 radical (unpaired) electrons. The van der Waals surface area contributed by atoms with E-state index in [4.69, 9.17) is 4.74 Å². The zero-order valence-corrected chi connectivity index (χ0v) is 21.7. The number of hydrogen-bond acceptors (Lipinski definition) is 6. The average molecular weight is 480 g/mol. The number of nitrogens with zero attached hydrogens (tertiary/aromatic N) is 3. The lowest BCUT2D eigenvalue weighted by Crippen LogP contribution is -2.38. The fourth-order valence-electron chi connectivity index (χ4n) is 4.47. The van der Waals surface area contributed by atoms with Crippen molar-refractivity contribution in [3.63, 3.8) is 0 Å². The molecule has 1 atom stereocenters. The largest absolute Gasteiger partial charge is 0.507 e. The third kappa shape index (κ3) is 5.51. The second-order valence-corrected chi connectivity index (χ2v) is 8.92. The average Bonchev–Trinajstić information content (AvgIpc) is 3.10. The number of carbonyl (C=O) groups is 2. The number of rotatable bonds is 10. The summed E-state index contributed by atoms with van der Waals surface area (Å²) < 4.78 is 5.61. The van der Waals surface area contributed by atoms with Crippen molar-refractivity contribution in [2.75, 3.05) is 51.8 Å². The van der Waals surface area contributed by atoms with E-state index in [-0.39, 0.29) is 11.3 Å². The molecule has 188 valence electrons. The number of aliphatic hydroxyl groups excluding tert-OH is 1. The Morgan fingerprint density at radius 3 is 2.23 bits per heavy atom. The monoisotopic (exact) mass is 479 g/mol. The van der Waals surface area contributed by atoms with E-state index in [0.717, 1.165) is 35.7 Å². The molecule has 0 saturated carbocycles. The summed E-state index contributed by atoms with van der Waals surface area (Å²) in [6.07, 6.45) is 0. The van der Waals surface area contributed by atoms with Crippen LogP contribution in [-0.4, -0.2) is 73.5 Å². The fraction of sp³-hybridized carbons (Fsp3) is 0.429. The number of ether oxygens (including phenoxy) is 1. The number of aryl methyl sites for hydroxylation is 1. The Kier molecular flexibility index (Phi) is 8.57. The molecule has 1 aliphatic rings. The van der Waals surface area contributed by atoms with Crippen LogP contribution in [0.4, 0.5) is 5.69 Å². The maximum Gasteiger partial charge on any atom is 0.295 e. The van der Waals surface area contributed by atoms with E-state index in [0.29, 0.717) is 25.3 Å². The van der Waals surface area contributed by atoms with Crippen LogP contribution in [0, 0.1) is 6.92 Å². The van der Waals surface area contributed by atoms with Crippen molar-refractivity contribution in [3.05, 3.63) is 64.7 Å². The summed E-state index contributed by atoms with van der Waals surface area (Å²) in [5.41, 5.74) is 3.26. The molecule has 3 rings (SSSR count). The van der Waals surface area contributed by atoms with E-state index in [2.05, 4.69) is 18.7 Å². The number of ketones is 1. The molecule has 2 aromatic carbocycles. The normalized spacial score (nSPS) is 17.3. The smallest absolute Gasteiger partial charge is 0.295 e. The van der Waals surface area contributed by atoms with Crippen LogP contribution in [-0.2, 0) is 9.59 Å². The molecule has 0 bridgehead atoms. The number of anilines is 1. The van der Waals surface area contributed by atoms with Gasteiger partial charge in [0, 0.05) is 38.4 Å². The van der Waals surface area contributed by atoms with Crippen molar-refractivity contribution >= 4 is 23.1 Å². The first-order chi connectivity index (χ1) is 16.7. The summed E-state index contributed by atoms with van der Waals surface area (Å²) in [5, 5.41) is 11.3. The van der Waals surface area contributed by atoms with Gasteiger partial charge in [-0.3, -0.25) is 9.59 Å². The summed E-state index contributed by atoms with van der Waals surface area (Å²) in [6.45, 7) is 11.2. The van der Waals surface area contributed by atoms with Gasteiger partial charge in [-0.05, 0) is 68.4 Å². The molecule has 1 N–H and O–H groups in total. The Hall–Kier alpha value is -3.32. The first-order valence-corrected chi connectivity index (χ1v) is 12.2. The Morgan fingerprint density at radius 2 is 1.69 bits per heavy atom. The third-order valence-corrected chi connectivity index (χ3v) is 6.56. The molecule has 7 heteroatoms. The van der Waals surface area contributed by atoms with Gasteiger partial charge in [-0.25, -0.2) is 0 Å². The summed E-state index contributed by atoms with van der Waals surface area (Å²) in [7, 11) is 3.92. The molecular weight excluding hydrogens is 442 g/mol. The first kappa shape index (κ1) is 26.3. The number of hydrogen-bond donors (Lipinski definition) is 1.